The van der Waals surface area contributed by atoms with Gasteiger partial charge in [-0.3, -0.25) is 28.7 Å². The van der Waals surface area contributed by atoms with Gasteiger partial charge in [-0.2, -0.15) is 5.26 Å². The van der Waals surface area contributed by atoms with Gasteiger partial charge < -0.3 is 46.3 Å². The molecule has 5 aromatic carbocycles. The number of ether oxygens (including phenoxy) is 5. The highest BCUT2D eigenvalue weighted by atomic mass is 32.5. The van der Waals surface area contributed by atoms with E-state index in [1.54, 1.807) is 28.1 Å². The molecule has 2 aliphatic rings. The summed E-state index contributed by atoms with van der Waals surface area (Å²) in [4.78, 5) is 57.8. The minimum Gasteiger partial charge on any atom is -0.497 e. The summed E-state index contributed by atoms with van der Waals surface area (Å²) in [5.74, 6) is 1.27. The number of nitriles is 1. The van der Waals surface area contributed by atoms with Crippen LogP contribution in [0.2, 0.25) is 12.6 Å². The second-order valence-corrected chi connectivity index (χ2v) is 31.4. The van der Waals surface area contributed by atoms with E-state index >= 15 is 0 Å². The standard InChI is InChI=1S/C65H78N6O14P2SSi/c1-44(2)71(45(3)4)86(79-35-19-34-66)84-55-38-59(69-40-46(5)61(72)67-63(69)74)83-58(55)43-81-87(88,80-36-37-89(9,53-22-15-11-16-23-53)54-24-17-12-18-25-54)85-56-39-60(70-41-47(6)62(73)68-64(70)75)82-57(56)42-78-65(48-20-13-10-14-21-48,49-26-30-51(76-7)31-27-49)50-28-32-52(77-8)33-29-50/h10-18,20-33,40-41,44-45,55-60H,19,35-39,42-43H2,1-9H3,(H,67,72,74)(H,68,73,75)/t55-,56-,57+,58+,59+,60+,86?,87?/m0/s1. The van der Waals surface area contributed by atoms with Gasteiger partial charge in [-0.1, -0.05) is 132 Å². The Labute approximate surface area is 525 Å². The molecular formula is C65H78N6O14P2SSi. The number of rotatable bonds is 29. The van der Waals surface area contributed by atoms with Crippen LogP contribution in [-0.2, 0) is 54.2 Å². The monoisotopic (exact) mass is 1290 g/mol. The van der Waals surface area contributed by atoms with Crippen molar-refractivity contribution in [3.8, 4) is 17.6 Å². The van der Waals surface area contributed by atoms with E-state index in [1.807, 2.05) is 143 Å². The Balaban J connectivity index is 1.13. The summed E-state index contributed by atoms with van der Waals surface area (Å²) in [6.07, 6.45) is -2.58. The van der Waals surface area contributed by atoms with Gasteiger partial charge in [0.2, 0.25) is 0 Å². The molecule has 0 amide bonds. The van der Waals surface area contributed by atoms with Crippen molar-refractivity contribution in [3.63, 3.8) is 0 Å². The normalized spacial score (nSPS) is 19.8. The number of aromatic amines is 2. The Morgan fingerprint density at radius 3 is 1.61 bits per heavy atom. The van der Waals surface area contributed by atoms with Crippen LogP contribution < -0.4 is 42.3 Å². The SMILES string of the molecule is COc1ccc(C(OC[C@H]2O[C@@H](n3cc(C)c(=O)[nH]c3=O)C[C@@H]2OP(=S)(OCC[Si](C)(c2ccccc2)c2ccccc2)OC[C@H]2O[C@@H](n3cc(C)c(=O)[nH]c3=O)C[C@@H]2OP(OCCC#N)N(C(C)C)C(C)C)(c2ccccc2)c2ccc(OC)cc2)cc1. The molecule has 472 valence electrons. The van der Waals surface area contributed by atoms with Gasteiger partial charge in [-0.05, 0) is 100 Å². The number of hydrogen-bond donors (Lipinski definition) is 2. The summed E-state index contributed by atoms with van der Waals surface area (Å²) in [5.41, 5.74) is -0.890. The lowest BCUT2D eigenvalue weighted by Crippen LogP contribution is -2.56. The van der Waals surface area contributed by atoms with Crippen molar-refractivity contribution >= 4 is 45.5 Å². The molecule has 2 unspecified atom stereocenters. The van der Waals surface area contributed by atoms with E-state index in [9.17, 15) is 24.4 Å². The van der Waals surface area contributed by atoms with Crippen molar-refractivity contribution < 1.29 is 46.3 Å². The molecule has 8 atom stereocenters. The van der Waals surface area contributed by atoms with Crippen LogP contribution in [0.5, 0.6) is 11.5 Å². The van der Waals surface area contributed by atoms with Gasteiger partial charge in [0.1, 0.15) is 49.8 Å². The number of nitrogens with one attached hydrogen (secondary N) is 2. The van der Waals surface area contributed by atoms with Gasteiger partial charge >= 0.3 is 18.1 Å². The molecule has 20 nitrogen and oxygen atoms in total. The molecule has 2 fully saturated rings. The molecule has 2 N–H and O–H groups in total. The van der Waals surface area contributed by atoms with Gasteiger partial charge in [0.05, 0.1) is 65.3 Å². The van der Waals surface area contributed by atoms with E-state index in [0.717, 1.165) is 16.7 Å². The zero-order valence-corrected chi connectivity index (χ0v) is 55.1. The zero-order chi connectivity index (χ0) is 63.5. The van der Waals surface area contributed by atoms with E-state index in [4.69, 9.17) is 58.1 Å². The Bertz CT molecular complexity index is 3700. The van der Waals surface area contributed by atoms with Gasteiger partial charge in [-0.15, -0.1) is 0 Å². The third-order valence-corrected chi connectivity index (χ3v) is 25.1. The fourth-order valence-electron chi connectivity index (χ4n) is 11.4. The Morgan fingerprint density at radius 2 is 1.13 bits per heavy atom. The smallest absolute Gasteiger partial charge is 0.330 e. The third-order valence-electron chi connectivity index (χ3n) is 16.1. The predicted molar refractivity (Wildman–Crippen MR) is 347 cm³/mol. The molecule has 9 rings (SSSR count). The molecular weight excluding hydrogens is 1210 g/mol. The molecule has 0 radical (unpaired) electrons. The molecule has 7 aromatic rings. The fourth-order valence-corrected chi connectivity index (χ4v) is 18.8. The summed E-state index contributed by atoms with van der Waals surface area (Å²) >= 11 is 6.66. The number of aromatic nitrogens is 4. The van der Waals surface area contributed by atoms with Gasteiger partial charge in [-0.25, -0.2) is 14.3 Å². The van der Waals surface area contributed by atoms with Gasteiger partial charge in [0.25, 0.3) is 19.6 Å². The number of benzene rings is 5. The predicted octanol–water partition coefficient (Wildman–Crippen LogP) is 9.50. The highest BCUT2D eigenvalue weighted by Crippen LogP contribution is 2.56. The molecule has 0 saturated carbocycles. The van der Waals surface area contributed by atoms with E-state index < -0.39 is 88.3 Å². The van der Waals surface area contributed by atoms with E-state index in [1.165, 1.54) is 31.9 Å². The zero-order valence-electron chi connectivity index (χ0n) is 51.5. The van der Waals surface area contributed by atoms with Crippen molar-refractivity contribution in [2.45, 2.75) is 128 Å². The summed E-state index contributed by atoms with van der Waals surface area (Å²) in [5, 5.41) is 11.9. The molecule has 4 heterocycles. The highest BCUT2D eigenvalue weighted by Gasteiger charge is 2.48. The summed E-state index contributed by atoms with van der Waals surface area (Å²) in [7, 11) is -1.23. The van der Waals surface area contributed by atoms with Gasteiger partial charge in [0, 0.05) is 48.4 Å². The third kappa shape index (κ3) is 15.6. The first-order chi connectivity index (χ1) is 42.8. The molecule has 89 heavy (non-hydrogen) atoms. The van der Waals surface area contributed by atoms with Crippen LogP contribution >= 0.6 is 15.2 Å². The first kappa shape index (κ1) is 66.9. The molecule has 24 heteroatoms. The fraction of sp³-hybridized carbons (Fsp3) is 0.400. The van der Waals surface area contributed by atoms with Crippen molar-refractivity contribution in [2.24, 2.45) is 0 Å². The Hall–Kier alpha value is -6.51. The van der Waals surface area contributed by atoms with Crippen LogP contribution in [0, 0.1) is 25.2 Å². The van der Waals surface area contributed by atoms with Crippen LogP contribution in [-0.4, -0.2) is 109 Å². The maximum atomic E-state index is 13.8. The molecule has 2 aromatic heterocycles. The van der Waals surface area contributed by atoms with E-state index in [-0.39, 0.29) is 63.3 Å². The van der Waals surface area contributed by atoms with Crippen molar-refractivity contribution in [3.05, 3.63) is 221 Å². The Kier molecular flexibility index (Phi) is 22.6. The summed E-state index contributed by atoms with van der Waals surface area (Å²) in [6.45, 7) is 9.28. The van der Waals surface area contributed by atoms with E-state index in [0.29, 0.717) is 23.1 Å². The second-order valence-electron chi connectivity index (χ2n) is 22.7. The number of nitrogens with zero attached hydrogens (tertiary/aromatic N) is 4. The molecule has 0 bridgehead atoms. The Morgan fingerprint density at radius 1 is 0.674 bits per heavy atom. The van der Waals surface area contributed by atoms with Crippen LogP contribution in [0.1, 0.15) is 87.2 Å². The van der Waals surface area contributed by atoms with E-state index in [2.05, 4.69) is 51.5 Å². The van der Waals surface area contributed by atoms with Crippen LogP contribution in [0.3, 0.4) is 0 Å². The maximum Gasteiger partial charge on any atom is 0.330 e. The highest BCUT2D eigenvalue weighted by molar-refractivity contribution is 8.07. The van der Waals surface area contributed by atoms with Crippen molar-refractivity contribution in [1.82, 2.24) is 23.8 Å². The average Bonchev–Trinajstić information content (AvgIpc) is 1.67. The topological polar surface area (TPSA) is 229 Å². The molecule has 2 saturated heterocycles. The largest absolute Gasteiger partial charge is 0.497 e. The lowest BCUT2D eigenvalue weighted by Gasteiger charge is -2.38. The minimum atomic E-state index is -4.06. The minimum absolute atomic E-state index is 0.0151. The molecule has 0 aliphatic carbocycles. The van der Waals surface area contributed by atoms with Gasteiger partial charge in [0.15, 0.2) is 0 Å². The van der Waals surface area contributed by atoms with Crippen LogP contribution in [0.15, 0.2) is 171 Å². The second kappa shape index (κ2) is 30.1. The summed E-state index contributed by atoms with van der Waals surface area (Å²) in [6, 6.07) is 48.3. The summed E-state index contributed by atoms with van der Waals surface area (Å²) < 4.78 is 71.8. The van der Waals surface area contributed by atoms with Crippen LogP contribution in [0.4, 0.5) is 0 Å². The van der Waals surface area contributed by atoms with Crippen LogP contribution in [0.25, 0.3) is 0 Å². The number of methoxy groups -OCH3 is 2. The number of hydrogen-bond acceptors (Lipinski definition) is 17. The first-order valence-corrected chi connectivity index (χ1v) is 36.1. The number of H-pyrrole nitrogens is 2. The average molecular weight is 1290 g/mol. The molecule has 2 aliphatic heterocycles. The van der Waals surface area contributed by atoms with Crippen molar-refractivity contribution in [1.29, 1.82) is 5.26 Å². The first-order valence-electron chi connectivity index (χ1n) is 29.7. The lowest BCUT2D eigenvalue weighted by molar-refractivity contribution is -0.0941. The van der Waals surface area contributed by atoms with Crippen molar-refractivity contribution in [2.75, 3.05) is 40.6 Å². The lowest BCUT2D eigenvalue weighted by atomic mass is 9.80. The maximum absolute atomic E-state index is 13.8. The quantitative estimate of drug-likeness (QED) is 0.0192. The number of aryl methyl sites for hydroxylation is 2. The molecule has 0 spiro atoms.